The Hall–Kier alpha value is -2.26. The van der Waals surface area contributed by atoms with Gasteiger partial charge in [0.25, 0.3) is 5.69 Å². The van der Waals surface area contributed by atoms with Crippen molar-refractivity contribution in [1.82, 2.24) is 14.3 Å². The molecule has 1 aromatic carbocycles. The maximum absolute atomic E-state index is 12.2. The number of nitro benzene ring substituents is 1. The highest BCUT2D eigenvalue weighted by atomic mass is 32.2. The first-order chi connectivity index (χ1) is 10.4. The highest BCUT2D eigenvalue weighted by molar-refractivity contribution is 7.89. The monoisotopic (exact) mass is 324 g/mol. The van der Waals surface area contributed by atoms with Gasteiger partial charge in [0.1, 0.15) is 0 Å². The number of nitro groups is 1. The van der Waals surface area contributed by atoms with Crippen LogP contribution in [0.15, 0.2) is 41.8 Å². The summed E-state index contributed by atoms with van der Waals surface area (Å²) >= 11 is 0. The van der Waals surface area contributed by atoms with Gasteiger partial charge in [-0.25, -0.2) is 18.1 Å². The summed E-state index contributed by atoms with van der Waals surface area (Å²) in [5, 5.41) is 10.8. The number of benzene rings is 1. The number of hydrogen-bond acceptors (Lipinski definition) is 5. The predicted molar refractivity (Wildman–Crippen MR) is 79.9 cm³/mol. The summed E-state index contributed by atoms with van der Waals surface area (Å²) in [6.45, 7) is 2.48. The van der Waals surface area contributed by atoms with E-state index < -0.39 is 14.9 Å². The van der Waals surface area contributed by atoms with Crippen LogP contribution in [0.2, 0.25) is 0 Å². The van der Waals surface area contributed by atoms with Gasteiger partial charge in [0, 0.05) is 37.6 Å². The Morgan fingerprint density at radius 2 is 2.18 bits per heavy atom. The molecule has 0 radical (unpaired) electrons. The van der Waals surface area contributed by atoms with Gasteiger partial charge >= 0.3 is 0 Å². The molecule has 22 heavy (non-hydrogen) atoms. The fourth-order valence-electron chi connectivity index (χ4n) is 1.96. The third-order valence-corrected chi connectivity index (χ3v) is 4.72. The standard InChI is InChI=1S/C13H16N4O4S/c1-11-3-4-12(17(18)19)9-13(11)22(20,21)15-5-2-7-16-8-6-14-10-16/h3-4,6,8-10,15H,2,5,7H2,1H3. The van der Waals surface area contributed by atoms with E-state index in [9.17, 15) is 18.5 Å². The van der Waals surface area contributed by atoms with Crippen molar-refractivity contribution >= 4 is 15.7 Å². The highest BCUT2D eigenvalue weighted by Crippen LogP contribution is 2.21. The van der Waals surface area contributed by atoms with E-state index in [1.165, 1.54) is 12.1 Å². The van der Waals surface area contributed by atoms with E-state index in [0.717, 1.165) is 6.07 Å². The minimum atomic E-state index is -3.77. The van der Waals surface area contributed by atoms with Crippen molar-refractivity contribution in [3.63, 3.8) is 0 Å². The number of sulfonamides is 1. The molecule has 0 unspecified atom stereocenters. The molecule has 0 atom stereocenters. The Labute approximate surface area is 128 Å². The summed E-state index contributed by atoms with van der Waals surface area (Å²) in [5.41, 5.74) is 0.220. The smallest absolute Gasteiger partial charge is 0.270 e. The molecule has 1 heterocycles. The molecule has 0 saturated heterocycles. The summed E-state index contributed by atoms with van der Waals surface area (Å²) in [7, 11) is -3.77. The molecule has 2 rings (SSSR count). The van der Waals surface area contributed by atoms with Crippen LogP contribution in [0, 0.1) is 17.0 Å². The first kappa shape index (κ1) is 16.1. The number of hydrogen-bond donors (Lipinski definition) is 1. The third kappa shape index (κ3) is 3.89. The van der Waals surface area contributed by atoms with Crippen LogP contribution in [-0.4, -0.2) is 29.4 Å². The van der Waals surface area contributed by atoms with Gasteiger partial charge in [-0.05, 0) is 18.9 Å². The van der Waals surface area contributed by atoms with E-state index in [1.54, 1.807) is 25.6 Å². The number of imidazole rings is 1. The van der Waals surface area contributed by atoms with Crippen molar-refractivity contribution in [3.05, 3.63) is 52.6 Å². The van der Waals surface area contributed by atoms with Gasteiger partial charge in [0.05, 0.1) is 16.1 Å². The second kappa shape index (κ2) is 6.67. The maximum atomic E-state index is 12.2. The number of nitrogens with zero attached hydrogens (tertiary/aromatic N) is 3. The Morgan fingerprint density at radius 1 is 1.41 bits per heavy atom. The van der Waals surface area contributed by atoms with Crippen molar-refractivity contribution in [3.8, 4) is 0 Å². The Bertz CT molecular complexity index is 756. The van der Waals surface area contributed by atoms with E-state index in [1.807, 2.05) is 4.57 Å². The molecule has 1 N–H and O–H groups in total. The third-order valence-electron chi connectivity index (χ3n) is 3.12. The van der Waals surface area contributed by atoms with Gasteiger partial charge in [-0.3, -0.25) is 10.1 Å². The lowest BCUT2D eigenvalue weighted by Gasteiger charge is -2.09. The maximum Gasteiger partial charge on any atom is 0.270 e. The topological polar surface area (TPSA) is 107 Å². The van der Waals surface area contributed by atoms with Crippen molar-refractivity contribution in [2.24, 2.45) is 0 Å². The number of aromatic nitrogens is 2. The van der Waals surface area contributed by atoms with Crippen LogP contribution in [0.25, 0.3) is 0 Å². The van der Waals surface area contributed by atoms with Crippen molar-refractivity contribution < 1.29 is 13.3 Å². The second-order valence-corrected chi connectivity index (χ2v) is 6.49. The van der Waals surface area contributed by atoms with Crippen LogP contribution >= 0.6 is 0 Å². The zero-order valence-electron chi connectivity index (χ0n) is 12.0. The van der Waals surface area contributed by atoms with Crippen LogP contribution in [0.5, 0.6) is 0 Å². The summed E-state index contributed by atoms with van der Waals surface area (Å²) in [4.78, 5) is 14.0. The van der Waals surface area contributed by atoms with Crippen LogP contribution < -0.4 is 4.72 Å². The molecule has 1 aromatic heterocycles. The molecule has 2 aromatic rings. The quantitative estimate of drug-likeness (QED) is 0.471. The molecule has 0 aliphatic rings. The van der Waals surface area contributed by atoms with Crippen LogP contribution in [0.4, 0.5) is 5.69 Å². The largest absolute Gasteiger partial charge is 0.337 e. The normalized spacial score (nSPS) is 11.5. The molecule has 0 fully saturated rings. The van der Waals surface area contributed by atoms with Crippen LogP contribution in [0.1, 0.15) is 12.0 Å². The zero-order chi connectivity index (χ0) is 16.2. The summed E-state index contributed by atoms with van der Waals surface area (Å²) < 4.78 is 28.8. The molecule has 118 valence electrons. The van der Waals surface area contributed by atoms with Gasteiger partial charge in [-0.1, -0.05) is 6.07 Å². The van der Waals surface area contributed by atoms with E-state index in [-0.39, 0.29) is 17.1 Å². The first-order valence-corrected chi connectivity index (χ1v) is 8.09. The van der Waals surface area contributed by atoms with Gasteiger partial charge in [0.15, 0.2) is 0 Å². The molecule has 0 aliphatic carbocycles. The van der Waals surface area contributed by atoms with Crippen LogP contribution in [-0.2, 0) is 16.6 Å². The molecule has 8 nitrogen and oxygen atoms in total. The summed E-state index contributed by atoms with van der Waals surface area (Å²) in [6, 6.07) is 3.79. The molecule has 0 spiro atoms. The van der Waals surface area contributed by atoms with E-state index in [2.05, 4.69) is 9.71 Å². The van der Waals surface area contributed by atoms with Gasteiger partial charge in [-0.15, -0.1) is 0 Å². The lowest BCUT2D eigenvalue weighted by Crippen LogP contribution is -2.26. The first-order valence-electron chi connectivity index (χ1n) is 6.60. The zero-order valence-corrected chi connectivity index (χ0v) is 12.8. The molecular formula is C13H16N4O4S. The molecular weight excluding hydrogens is 308 g/mol. The van der Waals surface area contributed by atoms with E-state index in [0.29, 0.717) is 18.5 Å². The number of aryl methyl sites for hydroxylation is 2. The minimum Gasteiger partial charge on any atom is -0.337 e. The number of non-ortho nitro benzene ring substituents is 1. The van der Waals surface area contributed by atoms with Gasteiger partial charge in [-0.2, -0.15) is 0 Å². The SMILES string of the molecule is Cc1ccc([N+](=O)[O-])cc1S(=O)(=O)NCCCn1ccnc1. The number of nitrogens with one attached hydrogen (secondary N) is 1. The molecule has 0 amide bonds. The average Bonchev–Trinajstić information content (AvgIpc) is 2.97. The Kier molecular flexibility index (Phi) is 4.88. The van der Waals surface area contributed by atoms with E-state index >= 15 is 0 Å². The Balaban J connectivity index is 2.03. The summed E-state index contributed by atoms with van der Waals surface area (Å²) in [5.74, 6) is 0. The molecule has 0 aliphatic heterocycles. The van der Waals surface area contributed by atoms with Gasteiger partial charge < -0.3 is 4.57 Å². The lowest BCUT2D eigenvalue weighted by atomic mass is 10.2. The number of rotatable bonds is 7. The van der Waals surface area contributed by atoms with Crippen molar-refractivity contribution in [1.29, 1.82) is 0 Å². The fraction of sp³-hybridized carbons (Fsp3) is 0.308. The molecule has 0 bridgehead atoms. The average molecular weight is 324 g/mol. The van der Waals surface area contributed by atoms with Crippen molar-refractivity contribution in [2.75, 3.05) is 6.54 Å². The highest BCUT2D eigenvalue weighted by Gasteiger charge is 2.19. The van der Waals surface area contributed by atoms with Crippen molar-refractivity contribution in [2.45, 2.75) is 24.8 Å². The fourth-order valence-corrected chi connectivity index (χ4v) is 3.29. The Morgan fingerprint density at radius 3 is 2.82 bits per heavy atom. The second-order valence-electron chi connectivity index (χ2n) is 4.76. The lowest BCUT2D eigenvalue weighted by molar-refractivity contribution is -0.385. The molecule has 0 saturated carbocycles. The van der Waals surface area contributed by atoms with E-state index in [4.69, 9.17) is 0 Å². The minimum absolute atomic E-state index is 0.0654. The van der Waals surface area contributed by atoms with Gasteiger partial charge in [0.2, 0.25) is 10.0 Å². The predicted octanol–water partition coefficient (Wildman–Crippen LogP) is 1.47. The summed E-state index contributed by atoms with van der Waals surface area (Å²) in [6.07, 6.45) is 5.68. The molecule has 9 heteroatoms. The van der Waals surface area contributed by atoms with Crippen LogP contribution in [0.3, 0.4) is 0 Å².